The molecule has 1 aromatic rings. The first-order valence-electron chi connectivity index (χ1n) is 5.77. The number of nitrogens with one attached hydrogen (secondary N) is 1. The predicted molar refractivity (Wildman–Crippen MR) is 67.0 cm³/mol. The first kappa shape index (κ1) is 15.4. The van der Waals surface area contributed by atoms with Crippen LogP contribution in [0.15, 0.2) is 6.20 Å². The van der Waals surface area contributed by atoms with Gasteiger partial charge in [-0.05, 0) is 13.3 Å². The molecule has 0 aliphatic carbocycles. The van der Waals surface area contributed by atoms with Gasteiger partial charge < -0.3 is 4.18 Å². The van der Waals surface area contributed by atoms with Crippen LogP contribution in [0.3, 0.4) is 0 Å². The van der Waals surface area contributed by atoms with Gasteiger partial charge in [0.1, 0.15) is 5.56 Å². The number of hydroxylamine groups is 1. The average molecular weight is 291 g/mol. The molecule has 0 bridgehead atoms. The highest BCUT2D eigenvalue weighted by atomic mass is 32.2. The van der Waals surface area contributed by atoms with Crippen molar-refractivity contribution >= 4 is 16.0 Å². The van der Waals surface area contributed by atoms with Crippen molar-refractivity contribution in [1.29, 1.82) is 0 Å². The van der Waals surface area contributed by atoms with Crippen LogP contribution in [0.25, 0.3) is 0 Å². The zero-order chi connectivity index (χ0) is 14.5. The summed E-state index contributed by atoms with van der Waals surface area (Å²) in [6, 6.07) is 0. The Bertz CT molecular complexity index is 537. The largest absolute Gasteiger partial charge is 0.359 e. The molecule has 19 heavy (non-hydrogen) atoms. The Morgan fingerprint density at radius 3 is 2.74 bits per heavy atom. The third-order valence-corrected chi connectivity index (χ3v) is 3.19. The van der Waals surface area contributed by atoms with Gasteiger partial charge in [-0.15, -0.1) is 5.10 Å². The fourth-order valence-corrected chi connectivity index (χ4v) is 1.62. The number of nitrogens with zero attached hydrogens (tertiary/aromatic N) is 2. The average Bonchev–Trinajstić information content (AvgIpc) is 2.69. The van der Waals surface area contributed by atoms with E-state index in [1.165, 1.54) is 17.8 Å². The Morgan fingerprint density at radius 2 is 2.16 bits per heavy atom. The zero-order valence-electron chi connectivity index (χ0n) is 11.0. The van der Waals surface area contributed by atoms with E-state index < -0.39 is 16.0 Å². The number of aryl methyl sites for hydroxylation is 1. The van der Waals surface area contributed by atoms with Gasteiger partial charge >= 0.3 is 10.1 Å². The lowest BCUT2D eigenvalue weighted by Crippen LogP contribution is -2.25. The van der Waals surface area contributed by atoms with E-state index in [0.717, 1.165) is 6.42 Å². The molecule has 0 aromatic carbocycles. The number of rotatable bonds is 7. The molecule has 0 unspecified atom stereocenters. The Morgan fingerprint density at radius 1 is 1.47 bits per heavy atom. The van der Waals surface area contributed by atoms with E-state index >= 15 is 0 Å². The fourth-order valence-electron chi connectivity index (χ4n) is 1.14. The SMILES string of the molecule is CCCONC(=O)c1cn(C)nc1OS(=O)(=O)CC. The second-order valence-corrected chi connectivity index (χ2v) is 5.59. The Kier molecular flexibility index (Phi) is 5.31. The Hall–Kier alpha value is -1.61. The molecule has 0 radical (unpaired) electrons. The van der Waals surface area contributed by atoms with Crippen LogP contribution in [0.1, 0.15) is 30.6 Å². The molecule has 9 heteroatoms. The molecule has 0 atom stereocenters. The molecule has 1 rings (SSSR count). The maximum atomic E-state index is 11.8. The molecule has 0 saturated carbocycles. The summed E-state index contributed by atoms with van der Waals surface area (Å²) in [5.41, 5.74) is 2.19. The number of aromatic nitrogens is 2. The molecular formula is C10H17N3O5S. The summed E-state index contributed by atoms with van der Waals surface area (Å²) in [5, 5.41) is 3.79. The lowest BCUT2D eigenvalue weighted by atomic mass is 10.3. The maximum Gasteiger partial charge on any atom is 0.310 e. The normalized spacial score (nSPS) is 11.3. The third kappa shape index (κ3) is 4.52. The highest BCUT2D eigenvalue weighted by Gasteiger charge is 2.21. The monoisotopic (exact) mass is 291 g/mol. The second-order valence-electron chi connectivity index (χ2n) is 3.73. The fraction of sp³-hybridized carbons (Fsp3) is 0.600. The summed E-state index contributed by atoms with van der Waals surface area (Å²) in [4.78, 5) is 16.6. The minimum atomic E-state index is -3.74. The van der Waals surface area contributed by atoms with Gasteiger partial charge in [0.2, 0.25) is 0 Å². The summed E-state index contributed by atoms with van der Waals surface area (Å²) in [6.07, 6.45) is 2.09. The predicted octanol–water partition coefficient (Wildman–Crippen LogP) is 0.220. The Labute approximate surface area is 111 Å². The molecule has 0 aliphatic rings. The van der Waals surface area contributed by atoms with Crippen LogP contribution in [-0.4, -0.2) is 36.5 Å². The summed E-state index contributed by atoms with van der Waals surface area (Å²) in [5.74, 6) is -1.08. The topological polar surface area (TPSA) is 99.5 Å². The van der Waals surface area contributed by atoms with Gasteiger partial charge in [0.05, 0.1) is 12.4 Å². The van der Waals surface area contributed by atoms with Crippen LogP contribution in [-0.2, 0) is 22.0 Å². The van der Waals surface area contributed by atoms with Gasteiger partial charge in [-0.3, -0.25) is 14.3 Å². The van der Waals surface area contributed by atoms with E-state index in [9.17, 15) is 13.2 Å². The molecule has 1 amide bonds. The van der Waals surface area contributed by atoms with Crippen molar-refractivity contribution < 1.29 is 22.2 Å². The van der Waals surface area contributed by atoms with Crippen LogP contribution < -0.4 is 9.66 Å². The number of carbonyl (C=O) groups excluding carboxylic acids is 1. The van der Waals surface area contributed by atoms with Gasteiger partial charge in [-0.25, -0.2) is 5.48 Å². The number of carbonyl (C=O) groups is 1. The van der Waals surface area contributed by atoms with E-state index in [1.54, 1.807) is 7.05 Å². The van der Waals surface area contributed by atoms with E-state index in [2.05, 4.69) is 10.6 Å². The molecule has 1 N–H and O–H groups in total. The number of hydrogen-bond acceptors (Lipinski definition) is 6. The minimum Gasteiger partial charge on any atom is -0.359 e. The van der Waals surface area contributed by atoms with E-state index in [4.69, 9.17) is 9.02 Å². The third-order valence-electron chi connectivity index (χ3n) is 2.07. The molecule has 8 nitrogen and oxygen atoms in total. The standard InChI is InChI=1S/C10H17N3O5S/c1-4-6-17-12-9(14)8-7-13(3)11-10(8)18-19(15,16)5-2/h7H,4-6H2,1-3H3,(H,12,14). The van der Waals surface area contributed by atoms with Gasteiger partial charge in [0, 0.05) is 13.2 Å². The van der Waals surface area contributed by atoms with Crippen LogP contribution in [0.4, 0.5) is 0 Å². The number of hydrogen-bond donors (Lipinski definition) is 1. The summed E-state index contributed by atoms with van der Waals surface area (Å²) < 4.78 is 28.8. The molecule has 0 saturated heterocycles. The summed E-state index contributed by atoms with van der Waals surface area (Å²) in [6.45, 7) is 3.68. The van der Waals surface area contributed by atoms with Crippen LogP contribution in [0.2, 0.25) is 0 Å². The van der Waals surface area contributed by atoms with E-state index in [0.29, 0.717) is 6.61 Å². The molecule has 108 valence electrons. The van der Waals surface area contributed by atoms with Crippen LogP contribution in [0.5, 0.6) is 5.88 Å². The van der Waals surface area contributed by atoms with Gasteiger partial charge in [0.25, 0.3) is 11.8 Å². The second kappa shape index (κ2) is 6.53. The van der Waals surface area contributed by atoms with Crippen molar-refractivity contribution in [1.82, 2.24) is 15.3 Å². The van der Waals surface area contributed by atoms with Crippen molar-refractivity contribution in [2.24, 2.45) is 7.05 Å². The highest BCUT2D eigenvalue weighted by Crippen LogP contribution is 2.17. The van der Waals surface area contributed by atoms with E-state index in [1.807, 2.05) is 6.92 Å². The molecule has 0 spiro atoms. The van der Waals surface area contributed by atoms with Gasteiger partial charge in [0.15, 0.2) is 0 Å². The number of amides is 1. The molecular weight excluding hydrogens is 274 g/mol. The zero-order valence-corrected chi connectivity index (χ0v) is 11.9. The first-order chi connectivity index (χ1) is 8.89. The van der Waals surface area contributed by atoms with Crippen molar-refractivity contribution in [3.63, 3.8) is 0 Å². The van der Waals surface area contributed by atoms with Gasteiger partial charge in [-0.1, -0.05) is 6.92 Å². The molecule has 0 fully saturated rings. The summed E-state index contributed by atoms with van der Waals surface area (Å²) >= 11 is 0. The highest BCUT2D eigenvalue weighted by molar-refractivity contribution is 7.87. The molecule has 0 aliphatic heterocycles. The van der Waals surface area contributed by atoms with Crippen LogP contribution >= 0.6 is 0 Å². The Balaban J connectivity index is 2.86. The summed E-state index contributed by atoms with van der Waals surface area (Å²) in [7, 11) is -2.19. The minimum absolute atomic E-state index is 0.00405. The maximum absolute atomic E-state index is 11.8. The van der Waals surface area contributed by atoms with Crippen molar-refractivity contribution in [2.45, 2.75) is 20.3 Å². The quantitative estimate of drug-likeness (QED) is 0.438. The van der Waals surface area contributed by atoms with Crippen LogP contribution in [0, 0.1) is 0 Å². The van der Waals surface area contributed by atoms with E-state index in [-0.39, 0.29) is 17.2 Å². The molecule has 1 aromatic heterocycles. The lowest BCUT2D eigenvalue weighted by Gasteiger charge is -2.05. The molecule has 1 heterocycles. The van der Waals surface area contributed by atoms with Gasteiger partial charge in [-0.2, -0.15) is 8.42 Å². The first-order valence-corrected chi connectivity index (χ1v) is 7.35. The van der Waals surface area contributed by atoms with Crippen molar-refractivity contribution in [3.8, 4) is 5.88 Å². The van der Waals surface area contributed by atoms with Crippen molar-refractivity contribution in [3.05, 3.63) is 11.8 Å². The lowest BCUT2D eigenvalue weighted by molar-refractivity contribution is 0.0314. The smallest absolute Gasteiger partial charge is 0.310 e. The van der Waals surface area contributed by atoms with Crippen molar-refractivity contribution in [2.75, 3.05) is 12.4 Å².